The van der Waals surface area contributed by atoms with E-state index in [1.54, 1.807) is 0 Å². The zero-order valence-corrected chi connectivity index (χ0v) is 13.8. The lowest BCUT2D eigenvalue weighted by molar-refractivity contribution is -0.149. The van der Waals surface area contributed by atoms with Gasteiger partial charge in [0.2, 0.25) is 5.91 Å². The molecule has 0 N–H and O–H groups in total. The van der Waals surface area contributed by atoms with E-state index < -0.39 is 0 Å². The molecule has 122 valence electrons. The Labute approximate surface area is 129 Å². The van der Waals surface area contributed by atoms with Gasteiger partial charge in [0.05, 0.1) is 25.4 Å². The summed E-state index contributed by atoms with van der Waals surface area (Å²) in [4.78, 5) is 14.5. The van der Waals surface area contributed by atoms with Gasteiger partial charge in [0, 0.05) is 6.54 Å². The highest BCUT2D eigenvalue weighted by molar-refractivity contribution is 5.78. The van der Waals surface area contributed by atoms with Crippen LogP contribution in [-0.2, 0) is 14.3 Å². The van der Waals surface area contributed by atoms with Crippen LogP contribution in [0.4, 0.5) is 0 Å². The van der Waals surface area contributed by atoms with Gasteiger partial charge in [-0.15, -0.1) is 0 Å². The van der Waals surface area contributed by atoms with Crippen LogP contribution < -0.4 is 0 Å². The molecule has 2 aliphatic rings. The van der Waals surface area contributed by atoms with Crippen molar-refractivity contribution in [3.63, 3.8) is 0 Å². The summed E-state index contributed by atoms with van der Waals surface area (Å²) in [6.45, 7) is 8.90. The second kappa shape index (κ2) is 8.14. The zero-order valence-electron chi connectivity index (χ0n) is 13.8. The molecule has 1 aliphatic heterocycles. The molecule has 2 fully saturated rings. The molecule has 0 spiro atoms. The SMILES string of the molecule is CC(C)C[C@@H]1COCCN1C(=O)CO[C@H]1CCCC[C@H]1C. The highest BCUT2D eigenvalue weighted by atomic mass is 16.5. The Balaban J connectivity index is 1.82. The van der Waals surface area contributed by atoms with Gasteiger partial charge in [-0.2, -0.15) is 0 Å². The fourth-order valence-electron chi connectivity index (χ4n) is 3.51. The lowest BCUT2D eigenvalue weighted by atomic mass is 9.88. The van der Waals surface area contributed by atoms with Crippen LogP contribution in [0.15, 0.2) is 0 Å². The molecule has 1 saturated heterocycles. The van der Waals surface area contributed by atoms with Crippen LogP contribution in [0.3, 0.4) is 0 Å². The fraction of sp³-hybridized carbons (Fsp3) is 0.941. The molecule has 4 nitrogen and oxygen atoms in total. The molecule has 0 aromatic rings. The Kier molecular flexibility index (Phi) is 6.49. The van der Waals surface area contributed by atoms with E-state index >= 15 is 0 Å². The summed E-state index contributed by atoms with van der Waals surface area (Å²) in [6.07, 6.45) is 6.14. The number of ether oxygens (including phenoxy) is 2. The molecule has 3 atom stereocenters. The third-order valence-corrected chi connectivity index (χ3v) is 4.75. The monoisotopic (exact) mass is 297 g/mol. The van der Waals surface area contributed by atoms with E-state index in [1.807, 2.05) is 4.90 Å². The molecule has 1 saturated carbocycles. The average molecular weight is 297 g/mol. The van der Waals surface area contributed by atoms with Crippen molar-refractivity contribution in [1.82, 2.24) is 4.90 Å². The Morgan fingerprint density at radius 1 is 1.33 bits per heavy atom. The number of amides is 1. The van der Waals surface area contributed by atoms with Crippen LogP contribution >= 0.6 is 0 Å². The van der Waals surface area contributed by atoms with Gasteiger partial charge in [0.25, 0.3) is 0 Å². The number of nitrogens with zero attached hydrogens (tertiary/aromatic N) is 1. The van der Waals surface area contributed by atoms with Crippen molar-refractivity contribution in [2.45, 2.75) is 65.0 Å². The van der Waals surface area contributed by atoms with Gasteiger partial charge in [-0.1, -0.05) is 33.6 Å². The topological polar surface area (TPSA) is 38.8 Å². The van der Waals surface area contributed by atoms with Crippen molar-refractivity contribution in [2.24, 2.45) is 11.8 Å². The normalized spacial score (nSPS) is 30.7. The van der Waals surface area contributed by atoms with Gasteiger partial charge in [-0.05, 0) is 31.1 Å². The second-order valence-electron chi connectivity index (χ2n) is 7.06. The van der Waals surface area contributed by atoms with Crippen molar-refractivity contribution in [3.05, 3.63) is 0 Å². The minimum Gasteiger partial charge on any atom is -0.377 e. The maximum atomic E-state index is 12.5. The van der Waals surface area contributed by atoms with Crippen LogP contribution in [0.1, 0.15) is 52.9 Å². The first-order valence-corrected chi connectivity index (χ1v) is 8.56. The number of rotatable bonds is 5. The summed E-state index contributed by atoms with van der Waals surface area (Å²) in [5.41, 5.74) is 0. The Bertz CT molecular complexity index is 332. The first-order valence-electron chi connectivity index (χ1n) is 8.56. The molecule has 0 aromatic heterocycles. The van der Waals surface area contributed by atoms with Crippen LogP contribution in [0.5, 0.6) is 0 Å². The van der Waals surface area contributed by atoms with Crippen LogP contribution in [0, 0.1) is 11.8 Å². The molecular formula is C17H31NO3. The Hall–Kier alpha value is -0.610. The lowest BCUT2D eigenvalue weighted by Gasteiger charge is -2.37. The zero-order chi connectivity index (χ0) is 15.2. The molecule has 2 rings (SSSR count). The van der Waals surface area contributed by atoms with E-state index in [-0.39, 0.29) is 24.7 Å². The summed E-state index contributed by atoms with van der Waals surface area (Å²) < 4.78 is 11.5. The minimum atomic E-state index is 0.140. The average Bonchev–Trinajstić information content (AvgIpc) is 2.46. The van der Waals surface area contributed by atoms with Crippen LogP contribution in [-0.4, -0.2) is 49.3 Å². The fourth-order valence-corrected chi connectivity index (χ4v) is 3.51. The number of morpholine rings is 1. The van der Waals surface area contributed by atoms with Gasteiger partial charge >= 0.3 is 0 Å². The van der Waals surface area contributed by atoms with Crippen molar-refractivity contribution in [1.29, 1.82) is 0 Å². The van der Waals surface area contributed by atoms with E-state index in [2.05, 4.69) is 20.8 Å². The number of carbonyl (C=O) groups excluding carboxylic acids is 1. The molecule has 1 amide bonds. The molecular weight excluding hydrogens is 266 g/mol. The number of carbonyl (C=O) groups is 1. The predicted octanol–water partition coefficient (Wildman–Crippen LogP) is 2.86. The van der Waals surface area contributed by atoms with Crippen LogP contribution in [0.2, 0.25) is 0 Å². The van der Waals surface area contributed by atoms with E-state index in [0.717, 1.165) is 12.8 Å². The largest absolute Gasteiger partial charge is 0.377 e. The maximum Gasteiger partial charge on any atom is 0.248 e. The van der Waals surface area contributed by atoms with Gasteiger partial charge in [0.1, 0.15) is 6.61 Å². The summed E-state index contributed by atoms with van der Waals surface area (Å²) in [6, 6.07) is 0.221. The van der Waals surface area contributed by atoms with E-state index in [9.17, 15) is 4.79 Å². The Morgan fingerprint density at radius 3 is 2.81 bits per heavy atom. The third kappa shape index (κ3) is 4.96. The highest BCUT2D eigenvalue weighted by Gasteiger charge is 2.29. The van der Waals surface area contributed by atoms with Crippen molar-refractivity contribution < 1.29 is 14.3 Å². The minimum absolute atomic E-state index is 0.140. The first-order chi connectivity index (χ1) is 10.1. The highest BCUT2D eigenvalue weighted by Crippen LogP contribution is 2.26. The quantitative estimate of drug-likeness (QED) is 0.783. The molecule has 0 unspecified atom stereocenters. The van der Waals surface area contributed by atoms with E-state index in [4.69, 9.17) is 9.47 Å². The first kappa shape index (κ1) is 16.8. The van der Waals surface area contributed by atoms with E-state index in [1.165, 1.54) is 19.3 Å². The van der Waals surface area contributed by atoms with Crippen LogP contribution in [0.25, 0.3) is 0 Å². The van der Waals surface area contributed by atoms with Crippen molar-refractivity contribution >= 4 is 5.91 Å². The van der Waals surface area contributed by atoms with Gasteiger partial charge in [0.15, 0.2) is 0 Å². The number of hydrogen-bond donors (Lipinski definition) is 0. The smallest absolute Gasteiger partial charge is 0.248 e. The molecule has 0 radical (unpaired) electrons. The summed E-state index contributed by atoms with van der Waals surface area (Å²) in [5, 5.41) is 0. The van der Waals surface area contributed by atoms with E-state index in [0.29, 0.717) is 31.6 Å². The molecule has 4 heteroatoms. The summed E-state index contributed by atoms with van der Waals surface area (Å²) >= 11 is 0. The molecule has 0 aromatic carbocycles. The van der Waals surface area contributed by atoms with Gasteiger partial charge in [-0.3, -0.25) is 4.79 Å². The van der Waals surface area contributed by atoms with Gasteiger partial charge < -0.3 is 14.4 Å². The van der Waals surface area contributed by atoms with Gasteiger partial charge in [-0.25, -0.2) is 0 Å². The third-order valence-electron chi connectivity index (χ3n) is 4.75. The maximum absolute atomic E-state index is 12.5. The summed E-state index contributed by atoms with van der Waals surface area (Å²) in [5.74, 6) is 1.30. The number of hydrogen-bond acceptors (Lipinski definition) is 3. The Morgan fingerprint density at radius 2 is 2.10 bits per heavy atom. The molecule has 1 heterocycles. The molecule has 1 aliphatic carbocycles. The standard InChI is InChI=1S/C17H31NO3/c1-13(2)10-15-11-20-9-8-18(15)17(19)12-21-16-7-5-4-6-14(16)3/h13-16H,4-12H2,1-3H3/t14-,15-,16+/m1/s1. The summed E-state index contributed by atoms with van der Waals surface area (Å²) in [7, 11) is 0. The lowest BCUT2D eigenvalue weighted by Crippen LogP contribution is -2.50. The van der Waals surface area contributed by atoms with Crippen molar-refractivity contribution in [2.75, 3.05) is 26.4 Å². The van der Waals surface area contributed by atoms with Crippen molar-refractivity contribution in [3.8, 4) is 0 Å². The predicted molar refractivity (Wildman–Crippen MR) is 83.1 cm³/mol. The molecule has 21 heavy (non-hydrogen) atoms. The second-order valence-corrected chi connectivity index (χ2v) is 7.06. The molecule has 0 bridgehead atoms.